The molecule has 15 rings (SSSR count). The van der Waals surface area contributed by atoms with E-state index in [4.69, 9.17) is 0 Å². The standard InChI is InChI=1S/C90H72BO3P3/c1-13-43-73(44-14-1)85-67-37-40-70-88(85)95(76-49-19-4-20-50-76,77-51-21-5-22-52-77,78-53-23-6-24-54-78)92-91(93-96(79-55-25-7-26-56-79,80-57-27-8-28-58-80,81-59-29-9-30-60-81)89-71-41-38-68-86(89)74-45-15-2-16-46-74)94-97(82-61-31-10-32-62-82,83-63-33-11-34-64-83,84-65-35-12-36-66-84)90-72-42-39-69-87(90)75-47-17-3-18-48-75/h1-72H. The summed E-state index contributed by atoms with van der Waals surface area (Å²) in [7, 11) is -1.72. The first-order chi connectivity index (χ1) is 48.0. The van der Waals surface area contributed by atoms with Crippen LogP contribution in [0.3, 0.4) is 0 Å². The SMILES string of the molecule is c1ccc(-c2ccccc2P(OB(OP(c2ccccc2)(c2ccccc2)(c2ccccc2)c2ccccc2-c2ccccc2)OP(c2ccccc2)(c2ccccc2)(c2ccccc2)c2ccccc2-c2ccccc2)(c2ccccc2)(c2ccccc2)c2ccccc2)cc1. The molecular weight excluding hydrogens is 1230 g/mol. The Morgan fingerprint density at radius 3 is 0.443 bits per heavy atom. The fourth-order valence-electron chi connectivity index (χ4n) is 15.4. The summed E-state index contributed by atoms with van der Waals surface area (Å²) in [4.78, 5) is 0. The second kappa shape index (κ2) is 26.6. The number of rotatable bonds is 21. The van der Waals surface area contributed by atoms with Crippen molar-refractivity contribution in [1.29, 1.82) is 0 Å². The monoisotopic (exact) mass is 1300 g/mol. The first kappa shape index (κ1) is 62.6. The van der Waals surface area contributed by atoms with Gasteiger partial charge in [0.15, 0.2) is 0 Å². The Kier molecular flexibility index (Phi) is 17.2. The zero-order valence-electron chi connectivity index (χ0n) is 53.7. The van der Waals surface area contributed by atoms with Crippen LogP contribution in [0.2, 0.25) is 0 Å². The van der Waals surface area contributed by atoms with Gasteiger partial charge in [0.1, 0.15) is 0 Å². The molecule has 0 saturated heterocycles. The van der Waals surface area contributed by atoms with Gasteiger partial charge in [-0.15, -0.1) is 0 Å². The Bertz CT molecular complexity index is 4280. The maximum atomic E-state index is 9.81. The summed E-state index contributed by atoms with van der Waals surface area (Å²) in [6.45, 7) is -15.5. The van der Waals surface area contributed by atoms with Crippen molar-refractivity contribution in [3.63, 3.8) is 0 Å². The molecule has 3 nitrogen and oxygen atoms in total. The summed E-state index contributed by atoms with van der Waals surface area (Å²) in [6, 6.07) is 158. The molecule has 0 saturated carbocycles. The molecule has 0 aliphatic carbocycles. The van der Waals surface area contributed by atoms with Gasteiger partial charge in [0.25, 0.3) is 0 Å². The van der Waals surface area contributed by atoms with Gasteiger partial charge in [0.2, 0.25) is 0 Å². The van der Waals surface area contributed by atoms with Crippen molar-refractivity contribution < 1.29 is 13.3 Å². The molecule has 0 fully saturated rings. The van der Waals surface area contributed by atoms with Crippen LogP contribution in [0.25, 0.3) is 33.4 Å². The van der Waals surface area contributed by atoms with Gasteiger partial charge >= 0.3 is 575 Å². The normalized spacial score (nSPS) is 12.9. The van der Waals surface area contributed by atoms with Crippen molar-refractivity contribution in [2.24, 2.45) is 0 Å². The molecular formula is C90H72BO3P3. The van der Waals surface area contributed by atoms with Gasteiger partial charge in [-0.25, -0.2) is 0 Å². The molecule has 7 heteroatoms. The maximum absolute atomic E-state index is 9.81. The third-order valence-corrected chi connectivity index (χ3v) is 36.7. The molecule has 468 valence electrons. The summed E-state index contributed by atoms with van der Waals surface area (Å²) in [6.07, 6.45) is 0. The third kappa shape index (κ3) is 9.98. The average Bonchev–Trinajstić information content (AvgIpc) is 0.686. The Morgan fingerprint density at radius 1 is 0.144 bits per heavy atom. The second-order valence-corrected chi connectivity index (χ2v) is 37.3. The van der Waals surface area contributed by atoms with E-state index in [1.807, 2.05) is 0 Å². The zero-order valence-corrected chi connectivity index (χ0v) is 56.4. The molecule has 0 radical (unpaired) electrons. The van der Waals surface area contributed by atoms with Crippen LogP contribution in [0.4, 0.5) is 0 Å². The summed E-state index contributed by atoms with van der Waals surface area (Å²) >= 11 is 0. The van der Waals surface area contributed by atoms with Crippen molar-refractivity contribution in [2.45, 2.75) is 0 Å². The van der Waals surface area contributed by atoms with Gasteiger partial charge in [0.05, 0.1) is 0 Å². The molecule has 0 unspecified atom stereocenters. The summed E-state index contributed by atoms with van der Waals surface area (Å²) < 4.78 is 29.4. The Hall–Kier alpha value is -10.5. The van der Waals surface area contributed by atoms with E-state index >= 15 is 0 Å². The fourth-order valence-corrected chi connectivity index (χ4v) is 33.3. The van der Waals surface area contributed by atoms with E-state index in [0.717, 1.165) is 97.0 Å². The van der Waals surface area contributed by atoms with E-state index in [9.17, 15) is 13.3 Å². The van der Waals surface area contributed by atoms with E-state index in [-0.39, 0.29) is 0 Å². The van der Waals surface area contributed by atoms with Crippen molar-refractivity contribution in [1.82, 2.24) is 0 Å². The molecule has 15 aromatic rings. The van der Waals surface area contributed by atoms with Gasteiger partial charge in [0, 0.05) is 0 Å². The third-order valence-electron chi connectivity index (χ3n) is 19.5. The Balaban J connectivity index is 1.24. The van der Waals surface area contributed by atoms with E-state index in [2.05, 4.69) is 437 Å². The van der Waals surface area contributed by atoms with Crippen molar-refractivity contribution in [3.05, 3.63) is 437 Å². The van der Waals surface area contributed by atoms with Gasteiger partial charge in [-0.2, -0.15) is 0 Å². The summed E-state index contributed by atoms with van der Waals surface area (Å²) in [5, 5.41) is 11.4. The van der Waals surface area contributed by atoms with Crippen molar-refractivity contribution >= 4 is 91.5 Å². The molecule has 97 heavy (non-hydrogen) atoms. The van der Waals surface area contributed by atoms with E-state index in [0.29, 0.717) is 0 Å². The quantitative estimate of drug-likeness (QED) is 0.0530. The molecule has 0 N–H and O–H groups in total. The van der Waals surface area contributed by atoms with Crippen LogP contribution in [0, 0.1) is 0 Å². The van der Waals surface area contributed by atoms with Gasteiger partial charge in [-0.3, -0.25) is 0 Å². The number of benzene rings is 15. The van der Waals surface area contributed by atoms with Gasteiger partial charge in [-0.1, -0.05) is 0 Å². The Morgan fingerprint density at radius 2 is 0.278 bits per heavy atom. The second-order valence-electron chi connectivity index (χ2n) is 24.4. The molecule has 15 aromatic carbocycles. The van der Waals surface area contributed by atoms with E-state index < -0.39 is 27.8 Å². The van der Waals surface area contributed by atoms with Crippen molar-refractivity contribution in [3.8, 4) is 33.4 Å². The number of hydrogen-bond acceptors (Lipinski definition) is 3. The first-order valence-electron chi connectivity index (χ1n) is 33.1. The Labute approximate surface area is 571 Å². The van der Waals surface area contributed by atoms with Gasteiger partial charge < -0.3 is 0 Å². The minimum atomic E-state index is -5.17. The van der Waals surface area contributed by atoms with Crippen LogP contribution in [-0.4, -0.2) is 7.32 Å². The average molecular weight is 1310 g/mol. The van der Waals surface area contributed by atoms with Crippen LogP contribution < -0.4 is 63.7 Å². The predicted molar refractivity (Wildman–Crippen MR) is 419 cm³/mol. The molecule has 0 amide bonds. The van der Waals surface area contributed by atoms with Crippen LogP contribution in [0.5, 0.6) is 0 Å². The molecule has 0 aliphatic heterocycles. The predicted octanol–water partition coefficient (Wildman–Crippen LogP) is 17.3. The molecule has 0 bridgehead atoms. The molecule has 0 atom stereocenters. The molecule has 0 heterocycles. The zero-order chi connectivity index (χ0) is 65.3. The molecule has 0 aromatic heterocycles. The van der Waals surface area contributed by atoms with Crippen LogP contribution in [-0.2, 0) is 13.3 Å². The van der Waals surface area contributed by atoms with Crippen LogP contribution in [0.1, 0.15) is 0 Å². The first-order valence-corrected chi connectivity index (χ1v) is 39.6. The summed E-state index contributed by atoms with van der Waals surface area (Å²) in [5.41, 5.74) is 6.08. The van der Waals surface area contributed by atoms with Crippen LogP contribution in [0.15, 0.2) is 437 Å². The topological polar surface area (TPSA) is 27.7 Å². The molecule has 0 spiro atoms. The van der Waals surface area contributed by atoms with E-state index in [1.165, 1.54) is 0 Å². The number of hydrogen-bond donors (Lipinski definition) is 0. The van der Waals surface area contributed by atoms with E-state index in [1.54, 1.807) is 0 Å². The minimum absolute atomic E-state index is 0.944. The summed E-state index contributed by atoms with van der Waals surface area (Å²) in [5.74, 6) is 0. The van der Waals surface area contributed by atoms with Crippen molar-refractivity contribution in [2.75, 3.05) is 0 Å². The molecule has 0 aliphatic rings. The fraction of sp³-hybridized carbons (Fsp3) is 0. The van der Waals surface area contributed by atoms with Gasteiger partial charge in [-0.05, 0) is 0 Å². The van der Waals surface area contributed by atoms with Crippen LogP contribution >= 0.6 is 20.5 Å².